The first-order valence-electron chi connectivity index (χ1n) is 3.87. The summed E-state index contributed by atoms with van der Waals surface area (Å²) in [6.45, 7) is 3.03. The summed E-state index contributed by atoms with van der Waals surface area (Å²) in [7, 11) is 0. The molecule has 0 N–H and O–H groups in total. The molecule has 0 bridgehead atoms. The molecule has 0 saturated heterocycles. The zero-order valence-electron chi connectivity index (χ0n) is 6.47. The summed E-state index contributed by atoms with van der Waals surface area (Å²) in [4.78, 5) is 3.90. The Morgan fingerprint density at radius 3 is 2.91 bits per heavy atom. The lowest BCUT2D eigenvalue weighted by atomic mass is 10.4. The van der Waals surface area contributed by atoms with Crippen molar-refractivity contribution in [2.75, 3.05) is 0 Å². The summed E-state index contributed by atoms with van der Waals surface area (Å²) in [5.41, 5.74) is 1.04. The van der Waals surface area contributed by atoms with E-state index in [-0.39, 0.29) is 0 Å². The Balaban J connectivity index is 2.15. The van der Waals surface area contributed by atoms with Crippen LogP contribution in [0.2, 0.25) is 5.15 Å². The standard InChI is InChI=1S/C8H10ClN2/c1-6-8(9)10-5-11(6)4-7-2-3-7/h7H,2-4H2,1H3. The first kappa shape index (κ1) is 7.17. The Bertz CT molecular complexity index is 263. The topological polar surface area (TPSA) is 17.8 Å². The van der Waals surface area contributed by atoms with Gasteiger partial charge in [-0.15, -0.1) is 0 Å². The van der Waals surface area contributed by atoms with E-state index < -0.39 is 0 Å². The van der Waals surface area contributed by atoms with E-state index in [1.165, 1.54) is 12.8 Å². The van der Waals surface area contributed by atoms with E-state index >= 15 is 0 Å². The number of halogens is 1. The fraction of sp³-hybridized carbons (Fsp3) is 0.625. The third-order valence-corrected chi connectivity index (χ3v) is 2.47. The monoisotopic (exact) mass is 169 g/mol. The third-order valence-electron chi connectivity index (χ3n) is 2.11. The van der Waals surface area contributed by atoms with Crippen molar-refractivity contribution in [1.82, 2.24) is 9.55 Å². The lowest BCUT2D eigenvalue weighted by molar-refractivity contribution is 0.609. The van der Waals surface area contributed by atoms with Gasteiger partial charge in [-0.2, -0.15) is 0 Å². The van der Waals surface area contributed by atoms with Crippen molar-refractivity contribution in [3.8, 4) is 0 Å². The SMILES string of the molecule is Cc1c(Cl)n[c]n1CC1CC1. The van der Waals surface area contributed by atoms with Gasteiger partial charge < -0.3 is 4.57 Å². The van der Waals surface area contributed by atoms with Crippen LogP contribution in [0.15, 0.2) is 0 Å². The molecule has 59 valence electrons. The summed E-state index contributed by atoms with van der Waals surface area (Å²) < 4.78 is 2.01. The molecule has 2 rings (SSSR count). The van der Waals surface area contributed by atoms with E-state index in [0.717, 1.165) is 18.2 Å². The van der Waals surface area contributed by atoms with Gasteiger partial charge in [0.15, 0.2) is 11.5 Å². The second-order valence-electron chi connectivity index (χ2n) is 3.14. The Morgan fingerprint density at radius 2 is 2.45 bits per heavy atom. The molecule has 1 heterocycles. The minimum Gasteiger partial charge on any atom is -0.324 e. The summed E-state index contributed by atoms with van der Waals surface area (Å²) in [5.74, 6) is 0.857. The molecule has 0 amide bonds. The molecule has 1 aliphatic carbocycles. The highest BCUT2D eigenvalue weighted by molar-refractivity contribution is 6.30. The van der Waals surface area contributed by atoms with Gasteiger partial charge in [0.25, 0.3) is 0 Å². The van der Waals surface area contributed by atoms with Gasteiger partial charge in [0, 0.05) is 6.54 Å². The predicted octanol–water partition coefficient (Wildman–Crippen LogP) is 2.06. The number of rotatable bonds is 2. The van der Waals surface area contributed by atoms with Crippen molar-refractivity contribution in [3.05, 3.63) is 17.2 Å². The molecule has 1 aromatic heterocycles. The molecular weight excluding hydrogens is 160 g/mol. The minimum absolute atomic E-state index is 0.589. The highest BCUT2D eigenvalue weighted by Crippen LogP contribution is 2.31. The maximum absolute atomic E-state index is 5.77. The van der Waals surface area contributed by atoms with Crippen molar-refractivity contribution in [1.29, 1.82) is 0 Å². The first-order chi connectivity index (χ1) is 5.27. The number of hydrogen-bond acceptors (Lipinski definition) is 1. The maximum atomic E-state index is 5.77. The summed E-state index contributed by atoms with van der Waals surface area (Å²) in [5, 5.41) is 0.589. The number of aromatic nitrogens is 2. The van der Waals surface area contributed by atoms with Gasteiger partial charge in [-0.3, -0.25) is 0 Å². The van der Waals surface area contributed by atoms with E-state index in [4.69, 9.17) is 11.6 Å². The molecule has 0 aromatic carbocycles. The number of nitrogens with zero attached hydrogens (tertiary/aromatic N) is 2. The van der Waals surface area contributed by atoms with Crippen molar-refractivity contribution in [2.24, 2.45) is 5.92 Å². The maximum Gasteiger partial charge on any atom is 0.178 e. The highest BCUT2D eigenvalue weighted by atomic mass is 35.5. The zero-order chi connectivity index (χ0) is 7.84. The van der Waals surface area contributed by atoms with Crippen LogP contribution < -0.4 is 0 Å². The fourth-order valence-electron chi connectivity index (χ4n) is 1.11. The normalized spacial score (nSPS) is 17.3. The molecule has 0 aliphatic heterocycles. The van der Waals surface area contributed by atoms with Crippen LogP contribution in [0.1, 0.15) is 18.5 Å². The van der Waals surface area contributed by atoms with Crippen molar-refractivity contribution >= 4 is 11.6 Å². The predicted molar refractivity (Wildman–Crippen MR) is 43.5 cm³/mol. The average Bonchev–Trinajstić information content (AvgIpc) is 2.74. The van der Waals surface area contributed by atoms with Crippen LogP contribution in [0.25, 0.3) is 0 Å². The summed E-state index contributed by atoms with van der Waals surface area (Å²) >= 11 is 5.77. The summed E-state index contributed by atoms with van der Waals surface area (Å²) in [6, 6.07) is 0. The van der Waals surface area contributed by atoms with Gasteiger partial charge in [-0.25, -0.2) is 4.98 Å². The minimum atomic E-state index is 0.589. The molecule has 2 nitrogen and oxygen atoms in total. The van der Waals surface area contributed by atoms with Crippen molar-refractivity contribution < 1.29 is 0 Å². The van der Waals surface area contributed by atoms with Gasteiger partial charge in [-0.05, 0) is 25.7 Å². The molecule has 11 heavy (non-hydrogen) atoms. The van der Waals surface area contributed by atoms with Gasteiger partial charge in [0.2, 0.25) is 0 Å². The highest BCUT2D eigenvalue weighted by Gasteiger charge is 2.22. The van der Waals surface area contributed by atoms with Crippen LogP contribution >= 0.6 is 11.6 Å². The molecule has 3 heteroatoms. The molecule has 1 aromatic rings. The van der Waals surface area contributed by atoms with Crippen LogP contribution in [-0.4, -0.2) is 9.55 Å². The van der Waals surface area contributed by atoms with Crippen LogP contribution in [0.4, 0.5) is 0 Å². The van der Waals surface area contributed by atoms with Crippen molar-refractivity contribution in [3.63, 3.8) is 0 Å². The largest absolute Gasteiger partial charge is 0.324 e. The third kappa shape index (κ3) is 1.41. The van der Waals surface area contributed by atoms with Gasteiger partial charge >= 0.3 is 0 Å². The first-order valence-corrected chi connectivity index (χ1v) is 4.25. The zero-order valence-corrected chi connectivity index (χ0v) is 7.23. The molecule has 0 spiro atoms. The lowest BCUT2D eigenvalue weighted by Gasteiger charge is -2.00. The van der Waals surface area contributed by atoms with Gasteiger partial charge in [-0.1, -0.05) is 11.6 Å². The van der Waals surface area contributed by atoms with E-state index in [2.05, 4.69) is 11.3 Å². The molecule has 1 aliphatic rings. The molecule has 1 saturated carbocycles. The van der Waals surface area contributed by atoms with Crippen LogP contribution in [0.5, 0.6) is 0 Å². The van der Waals surface area contributed by atoms with E-state index in [1.54, 1.807) is 0 Å². The van der Waals surface area contributed by atoms with E-state index in [0.29, 0.717) is 5.15 Å². The second kappa shape index (κ2) is 2.52. The number of hydrogen-bond donors (Lipinski definition) is 0. The Morgan fingerprint density at radius 1 is 1.73 bits per heavy atom. The Labute approximate surface area is 71.2 Å². The summed E-state index contributed by atoms with van der Waals surface area (Å²) in [6.07, 6.45) is 5.58. The Kier molecular flexibility index (Phi) is 1.64. The van der Waals surface area contributed by atoms with Crippen LogP contribution in [0, 0.1) is 19.2 Å². The van der Waals surface area contributed by atoms with Crippen LogP contribution in [-0.2, 0) is 6.54 Å². The second-order valence-corrected chi connectivity index (χ2v) is 3.50. The quantitative estimate of drug-likeness (QED) is 0.663. The Hall–Kier alpha value is -0.500. The average molecular weight is 170 g/mol. The number of imidazole rings is 1. The smallest absolute Gasteiger partial charge is 0.178 e. The lowest BCUT2D eigenvalue weighted by Crippen LogP contribution is -2.00. The van der Waals surface area contributed by atoms with Gasteiger partial charge in [0.05, 0.1) is 5.69 Å². The molecule has 0 atom stereocenters. The molecule has 0 unspecified atom stereocenters. The van der Waals surface area contributed by atoms with Crippen molar-refractivity contribution in [2.45, 2.75) is 26.3 Å². The van der Waals surface area contributed by atoms with Crippen LogP contribution in [0.3, 0.4) is 0 Å². The fourth-order valence-corrected chi connectivity index (χ4v) is 1.25. The molecule has 1 fully saturated rings. The van der Waals surface area contributed by atoms with E-state index in [1.807, 2.05) is 11.5 Å². The van der Waals surface area contributed by atoms with E-state index in [9.17, 15) is 0 Å². The van der Waals surface area contributed by atoms with Gasteiger partial charge in [0.1, 0.15) is 0 Å². The molecular formula is C8H10ClN2. The molecule has 1 radical (unpaired) electrons.